The number of hydrogen-bond acceptors (Lipinski definition) is 2. The van der Waals surface area contributed by atoms with E-state index in [0.29, 0.717) is 10.6 Å². The average Bonchev–Trinajstić information content (AvgIpc) is 2.46. The van der Waals surface area contributed by atoms with Crippen LogP contribution in [0.5, 0.6) is 5.75 Å². The van der Waals surface area contributed by atoms with Crippen molar-refractivity contribution in [1.82, 2.24) is 0 Å². The lowest BCUT2D eigenvalue weighted by Gasteiger charge is -2.12. The van der Waals surface area contributed by atoms with Gasteiger partial charge in [0.25, 0.3) is 5.91 Å². The molecule has 0 saturated carbocycles. The summed E-state index contributed by atoms with van der Waals surface area (Å²) in [6, 6.07) is 9.41. The van der Waals surface area contributed by atoms with E-state index in [0.717, 1.165) is 0 Å². The lowest BCUT2D eigenvalue weighted by molar-refractivity contribution is 0.100. The molecule has 0 unspecified atom stereocenters. The van der Waals surface area contributed by atoms with Crippen molar-refractivity contribution >= 4 is 29.0 Å². The second-order valence-corrected chi connectivity index (χ2v) is 4.97. The molecular weight excluding hydrogens is 302 g/mol. The fraction of sp³-hybridized carbons (Fsp3) is 0.0625. The summed E-state index contributed by atoms with van der Waals surface area (Å²) in [5.41, 5.74) is 6.41. The number of nitrogens with two attached hydrogens (primary N) is 1. The van der Waals surface area contributed by atoms with E-state index in [2.05, 4.69) is 9.84 Å². The summed E-state index contributed by atoms with van der Waals surface area (Å²) in [5.74, 6) is -0.912. The second-order valence-electron chi connectivity index (χ2n) is 4.53. The van der Waals surface area contributed by atoms with E-state index < -0.39 is 5.91 Å². The summed E-state index contributed by atoms with van der Waals surface area (Å²) < 4.78 is 0. The topological polar surface area (TPSA) is 80.0 Å². The first-order valence-electron chi connectivity index (χ1n) is 6.28. The third kappa shape index (κ3) is 3.08. The van der Waals surface area contributed by atoms with Crippen LogP contribution in [0.25, 0.3) is 16.0 Å². The lowest BCUT2D eigenvalue weighted by atomic mass is 9.96. The van der Waals surface area contributed by atoms with Crippen LogP contribution < -0.4 is 5.73 Å². The smallest absolute Gasteiger partial charge is 0.281 e. The minimum absolute atomic E-state index is 0.0645. The van der Waals surface area contributed by atoms with E-state index in [-0.39, 0.29) is 28.4 Å². The first-order valence-corrected chi connectivity index (χ1v) is 6.66. The third-order valence-electron chi connectivity index (χ3n) is 2.89. The number of amidine groups is 1. The maximum atomic E-state index is 12.3. The minimum Gasteiger partial charge on any atom is -0.507 e. The maximum absolute atomic E-state index is 12.3. The van der Waals surface area contributed by atoms with Crippen molar-refractivity contribution in [2.45, 2.75) is 6.92 Å². The van der Waals surface area contributed by atoms with Crippen molar-refractivity contribution in [3.05, 3.63) is 58.4 Å². The summed E-state index contributed by atoms with van der Waals surface area (Å²) in [6.45, 7) is 8.74. The van der Waals surface area contributed by atoms with Crippen LogP contribution in [0.4, 0.5) is 5.69 Å². The summed E-state index contributed by atoms with van der Waals surface area (Å²) in [4.78, 5) is 19.3. The Labute approximate surface area is 132 Å². The van der Waals surface area contributed by atoms with Gasteiger partial charge in [-0.3, -0.25) is 4.79 Å². The van der Waals surface area contributed by atoms with Gasteiger partial charge >= 0.3 is 0 Å². The molecule has 0 saturated heterocycles. The van der Waals surface area contributed by atoms with Gasteiger partial charge in [0.05, 0.1) is 12.1 Å². The first-order chi connectivity index (χ1) is 10.4. The van der Waals surface area contributed by atoms with E-state index in [1.54, 1.807) is 24.3 Å². The zero-order chi connectivity index (χ0) is 16.3. The molecule has 6 heteroatoms. The molecule has 0 aliphatic heterocycles. The monoisotopic (exact) mass is 313 g/mol. The van der Waals surface area contributed by atoms with Gasteiger partial charge in [-0.2, -0.15) is 4.99 Å². The molecule has 0 bridgehead atoms. The van der Waals surface area contributed by atoms with Crippen LogP contribution in [-0.4, -0.2) is 16.8 Å². The van der Waals surface area contributed by atoms with Gasteiger partial charge in [0.15, 0.2) is 5.69 Å². The number of carbonyl (C=O) groups excluding carboxylic acids is 1. The van der Waals surface area contributed by atoms with Crippen molar-refractivity contribution in [1.29, 1.82) is 0 Å². The Hall–Kier alpha value is -2.84. The molecule has 0 aliphatic rings. The minimum atomic E-state index is -0.710. The van der Waals surface area contributed by atoms with Gasteiger partial charge in [0, 0.05) is 10.6 Å². The van der Waals surface area contributed by atoms with Gasteiger partial charge in [-0.25, -0.2) is 4.85 Å². The predicted octanol–water partition coefficient (Wildman–Crippen LogP) is 3.78. The standard InChI is InChI=1S/C16H12ClN3O2/c1-9(18)20-16(22)15-13(21)7-6-12(19-2)14(15)10-4-3-5-11(17)8-10/h3-8,21H,1H3,(H2,18,20,22). The molecule has 22 heavy (non-hydrogen) atoms. The van der Waals surface area contributed by atoms with E-state index in [4.69, 9.17) is 23.9 Å². The Kier molecular flexibility index (Phi) is 4.44. The molecule has 5 nitrogen and oxygen atoms in total. The largest absolute Gasteiger partial charge is 0.507 e. The van der Waals surface area contributed by atoms with E-state index >= 15 is 0 Å². The number of nitrogens with zero attached hydrogens (tertiary/aromatic N) is 2. The number of hydrogen-bond donors (Lipinski definition) is 2. The SMILES string of the molecule is [C-]#[N+]c1ccc(O)c(C(=O)N=C(C)N)c1-c1cccc(Cl)c1. The van der Waals surface area contributed by atoms with Crippen molar-refractivity contribution in [2.75, 3.05) is 0 Å². The van der Waals surface area contributed by atoms with E-state index in [1.165, 1.54) is 19.1 Å². The summed E-state index contributed by atoms with van der Waals surface area (Å²) in [6.07, 6.45) is 0. The summed E-state index contributed by atoms with van der Waals surface area (Å²) in [7, 11) is 0. The molecule has 0 heterocycles. The van der Waals surface area contributed by atoms with Crippen molar-refractivity contribution in [3.63, 3.8) is 0 Å². The van der Waals surface area contributed by atoms with Gasteiger partial charge in [-0.05, 0) is 30.7 Å². The van der Waals surface area contributed by atoms with Gasteiger partial charge < -0.3 is 10.8 Å². The van der Waals surface area contributed by atoms with Crippen LogP contribution >= 0.6 is 11.6 Å². The number of halogens is 1. The molecule has 0 fully saturated rings. The van der Waals surface area contributed by atoms with Crippen LogP contribution in [0.15, 0.2) is 41.4 Å². The predicted molar refractivity (Wildman–Crippen MR) is 86.4 cm³/mol. The van der Waals surface area contributed by atoms with E-state index in [9.17, 15) is 9.90 Å². The zero-order valence-corrected chi connectivity index (χ0v) is 12.4. The van der Waals surface area contributed by atoms with Crippen LogP contribution in [0.2, 0.25) is 5.02 Å². The molecule has 0 atom stereocenters. The Morgan fingerprint density at radius 1 is 1.36 bits per heavy atom. The molecule has 2 aromatic carbocycles. The second kappa shape index (κ2) is 6.29. The number of amides is 1. The highest BCUT2D eigenvalue weighted by atomic mass is 35.5. The number of aromatic hydroxyl groups is 1. The highest BCUT2D eigenvalue weighted by Crippen LogP contribution is 2.39. The molecular formula is C16H12ClN3O2. The highest BCUT2D eigenvalue weighted by Gasteiger charge is 2.21. The first kappa shape index (κ1) is 15.5. The van der Waals surface area contributed by atoms with Crippen LogP contribution in [0.3, 0.4) is 0 Å². The molecule has 110 valence electrons. The summed E-state index contributed by atoms with van der Waals surface area (Å²) in [5, 5.41) is 10.5. The Balaban J connectivity index is 2.81. The fourth-order valence-electron chi connectivity index (χ4n) is 2.04. The highest BCUT2D eigenvalue weighted by molar-refractivity contribution is 6.31. The van der Waals surface area contributed by atoms with E-state index in [1.807, 2.05) is 0 Å². The average molecular weight is 314 g/mol. The number of carbonyl (C=O) groups is 1. The van der Waals surface area contributed by atoms with Crippen LogP contribution in [-0.2, 0) is 0 Å². The van der Waals surface area contributed by atoms with Crippen LogP contribution in [0, 0.1) is 6.57 Å². The normalized spacial score (nSPS) is 11.0. The third-order valence-corrected chi connectivity index (χ3v) is 3.12. The van der Waals surface area contributed by atoms with Crippen molar-refractivity contribution in [2.24, 2.45) is 10.7 Å². The Morgan fingerprint density at radius 3 is 2.68 bits per heavy atom. The number of aliphatic imine (C=N–C) groups is 1. The Bertz CT molecular complexity index is 819. The van der Waals surface area contributed by atoms with Crippen molar-refractivity contribution < 1.29 is 9.90 Å². The fourth-order valence-corrected chi connectivity index (χ4v) is 2.23. The molecule has 0 radical (unpaired) electrons. The van der Waals surface area contributed by atoms with Crippen LogP contribution in [0.1, 0.15) is 17.3 Å². The van der Waals surface area contributed by atoms with Gasteiger partial charge in [-0.15, -0.1) is 0 Å². The van der Waals surface area contributed by atoms with Gasteiger partial charge in [-0.1, -0.05) is 29.8 Å². The zero-order valence-electron chi connectivity index (χ0n) is 11.7. The molecule has 1 amide bonds. The molecule has 0 spiro atoms. The Morgan fingerprint density at radius 2 is 2.09 bits per heavy atom. The number of phenols is 1. The molecule has 2 aromatic rings. The molecule has 3 N–H and O–H groups in total. The van der Waals surface area contributed by atoms with Gasteiger partial charge in [0.2, 0.25) is 0 Å². The summed E-state index contributed by atoms with van der Waals surface area (Å²) >= 11 is 5.97. The van der Waals surface area contributed by atoms with Crippen molar-refractivity contribution in [3.8, 4) is 16.9 Å². The molecule has 2 rings (SSSR count). The quantitative estimate of drug-likeness (QED) is 0.503. The number of benzene rings is 2. The number of rotatable bonds is 2. The number of phenolic OH excluding ortho intramolecular Hbond substituents is 1. The maximum Gasteiger partial charge on any atom is 0.281 e. The lowest BCUT2D eigenvalue weighted by Crippen LogP contribution is -2.10. The molecule has 0 aliphatic carbocycles. The molecule has 0 aromatic heterocycles. The van der Waals surface area contributed by atoms with Gasteiger partial charge in [0.1, 0.15) is 11.6 Å².